The Balaban J connectivity index is 2.47. The van der Waals surface area contributed by atoms with Crippen LogP contribution in [0.3, 0.4) is 0 Å². The van der Waals surface area contributed by atoms with Gasteiger partial charge in [0.25, 0.3) is 0 Å². The predicted molar refractivity (Wildman–Crippen MR) is 70.3 cm³/mol. The minimum absolute atomic E-state index is 0.144. The van der Waals surface area contributed by atoms with Crippen LogP contribution in [0.15, 0.2) is 12.1 Å². The molecular formula is C12H18ClNOS. The number of hydrogen-bond acceptors (Lipinski definition) is 3. The molecule has 1 aromatic rings. The standard InChI is InChI=1S/C12H18ClNOS/c1-12(2,7-8-14)6-5-9(15)10-3-4-11(13)16-10/h3-4H,5-8,14H2,1-2H3. The molecular weight excluding hydrogens is 242 g/mol. The number of ketones is 1. The highest BCUT2D eigenvalue weighted by Crippen LogP contribution is 2.28. The molecule has 0 fully saturated rings. The number of thiophene rings is 1. The van der Waals surface area contributed by atoms with Gasteiger partial charge in [0.2, 0.25) is 0 Å². The van der Waals surface area contributed by atoms with Gasteiger partial charge in [0.1, 0.15) is 0 Å². The molecule has 2 N–H and O–H groups in total. The van der Waals surface area contributed by atoms with Crippen molar-refractivity contribution in [3.8, 4) is 0 Å². The molecule has 0 bridgehead atoms. The van der Waals surface area contributed by atoms with Gasteiger partial charge in [-0.15, -0.1) is 11.3 Å². The van der Waals surface area contributed by atoms with Crippen LogP contribution < -0.4 is 5.73 Å². The zero-order valence-electron chi connectivity index (χ0n) is 9.75. The van der Waals surface area contributed by atoms with E-state index in [0.29, 0.717) is 17.3 Å². The molecule has 16 heavy (non-hydrogen) atoms. The van der Waals surface area contributed by atoms with Crippen molar-refractivity contribution in [3.05, 3.63) is 21.3 Å². The normalized spacial score (nSPS) is 11.8. The summed E-state index contributed by atoms with van der Waals surface area (Å²) in [5, 5.41) is 0. The average Bonchev–Trinajstić information content (AvgIpc) is 2.61. The first-order valence-electron chi connectivity index (χ1n) is 5.43. The lowest BCUT2D eigenvalue weighted by atomic mass is 9.83. The summed E-state index contributed by atoms with van der Waals surface area (Å²) in [6, 6.07) is 3.57. The number of rotatable bonds is 6. The minimum atomic E-state index is 0.144. The molecule has 0 atom stereocenters. The predicted octanol–water partition coefficient (Wildman–Crippen LogP) is 3.74. The monoisotopic (exact) mass is 259 g/mol. The molecule has 0 saturated heterocycles. The second-order valence-corrected chi connectivity index (χ2v) is 6.44. The van der Waals surface area contributed by atoms with Gasteiger partial charge < -0.3 is 5.73 Å². The van der Waals surface area contributed by atoms with E-state index in [1.54, 1.807) is 12.1 Å². The van der Waals surface area contributed by atoms with Crippen LogP contribution in [0.1, 0.15) is 42.8 Å². The second-order valence-electron chi connectivity index (χ2n) is 4.73. The summed E-state index contributed by atoms with van der Waals surface area (Å²) in [6.07, 6.45) is 2.40. The quantitative estimate of drug-likeness (QED) is 0.791. The van der Waals surface area contributed by atoms with Gasteiger partial charge in [-0.1, -0.05) is 25.4 Å². The van der Waals surface area contributed by atoms with Crippen molar-refractivity contribution in [2.75, 3.05) is 6.54 Å². The van der Waals surface area contributed by atoms with E-state index in [9.17, 15) is 4.79 Å². The molecule has 0 aliphatic carbocycles. The third kappa shape index (κ3) is 4.24. The Bertz CT molecular complexity index is 360. The van der Waals surface area contributed by atoms with Gasteiger partial charge in [-0.25, -0.2) is 0 Å². The first kappa shape index (κ1) is 13.7. The molecule has 0 aromatic carbocycles. The highest BCUT2D eigenvalue weighted by molar-refractivity contribution is 7.18. The number of nitrogens with two attached hydrogens (primary N) is 1. The lowest BCUT2D eigenvalue weighted by molar-refractivity contribution is 0.0965. The number of Topliss-reactive ketones (excluding diaryl/α,β-unsaturated/α-hetero) is 1. The molecule has 0 unspecified atom stereocenters. The lowest BCUT2D eigenvalue weighted by Crippen LogP contribution is -2.18. The van der Waals surface area contributed by atoms with Gasteiger partial charge in [-0.3, -0.25) is 4.79 Å². The van der Waals surface area contributed by atoms with E-state index in [0.717, 1.165) is 17.7 Å². The van der Waals surface area contributed by atoms with Gasteiger partial charge in [0, 0.05) is 6.42 Å². The third-order valence-corrected chi connectivity index (χ3v) is 3.97. The van der Waals surface area contributed by atoms with E-state index in [4.69, 9.17) is 17.3 Å². The van der Waals surface area contributed by atoms with Crippen molar-refractivity contribution in [3.63, 3.8) is 0 Å². The van der Waals surface area contributed by atoms with E-state index in [-0.39, 0.29) is 11.2 Å². The Hall–Kier alpha value is -0.380. The van der Waals surface area contributed by atoms with Gasteiger partial charge in [-0.2, -0.15) is 0 Å². The second kappa shape index (κ2) is 5.80. The molecule has 0 saturated carbocycles. The Morgan fingerprint density at radius 3 is 2.62 bits per heavy atom. The fraction of sp³-hybridized carbons (Fsp3) is 0.583. The molecule has 0 aliphatic heterocycles. The fourth-order valence-corrected chi connectivity index (χ4v) is 2.57. The fourth-order valence-electron chi connectivity index (χ4n) is 1.56. The lowest BCUT2D eigenvalue weighted by Gasteiger charge is -2.22. The average molecular weight is 260 g/mol. The maximum Gasteiger partial charge on any atom is 0.172 e. The van der Waals surface area contributed by atoms with Crippen LogP contribution in [-0.4, -0.2) is 12.3 Å². The molecule has 2 nitrogen and oxygen atoms in total. The van der Waals surface area contributed by atoms with Crippen LogP contribution in [-0.2, 0) is 0 Å². The van der Waals surface area contributed by atoms with Gasteiger partial charge in [0.05, 0.1) is 9.21 Å². The summed E-state index contributed by atoms with van der Waals surface area (Å²) in [4.78, 5) is 12.6. The molecule has 90 valence electrons. The number of carbonyl (C=O) groups excluding carboxylic acids is 1. The smallest absolute Gasteiger partial charge is 0.172 e. The van der Waals surface area contributed by atoms with Crippen LogP contribution in [0.4, 0.5) is 0 Å². The van der Waals surface area contributed by atoms with Gasteiger partial charge in [-0.05, 0) is 36.9 Å². The van der Waals surface area contributed by atoms with Crippen molar-refractivity contribution >= 4 is 28.7 Å². The van der Waals surface area contributed by atoms with Crippen LogP contribution in [0, 0.1) is 5.41 Å². The van der Waals surface area contributed by atoms with Crippen LogP contribution in [0.25, 0.3) is 0 Å². The van der Waals surface area contributed by atoms with Crippen LogP contribution >= 0.6 is 22.9 Å². The highest BCUT2D eigenvalue weighted by atomic mass is 35.5. The summed E-state index contributed by atoms with van der Waals surface area (Å²) in [5.74, 6) is 0.182. The minimum Gasteiger partial charge on any atom is -0.330 e. The van der Waals surface area contributed by atoms with E-state index < -0.39 is 0 Å². The summed E-state index contributed by atoms with van der Waals surface area (Å²) in [7, 11) is 0. The molecule has 0 aliphatic rings. The van der Waals surface area contributed by atoms with E-state index in [1.165, 1.54) is 11.3 Å². The third-order valence-electron chi connectivity index (χ3n) is 2.70. The molecule has 1 heterocycles. The Morgan fingerprint density at radius 1 is 1.44 bits per heavy atom. The summed E-state index contributed by atoms with van der Waals surface area (Å²) in [5.41, 5.74) is 5.68. The SMILES string of the molecule is CC(C)(CCN)CCC(=O)c1ccc(Cl)s1. The number of halogens is 1. The first-order valence-corrected chi connectivity index (χ1v) is 6.63. The largest absolute Gasteiger partial charge is 0.330 e. The maximum atomic E-state index is 11.8. The zero-order valence-corrected chi connectivity index (χ0v) is 11.3. The van der Waals surface area contributed by atoms with Crippen molar-refractivity contribution in [1.82, 2.24) is 0 Å². The molecule has 4 heteroatoms. The van der Waals surface area contributed by atoms with Crippen molar-refractivity contribution < 1.29 is 4.79 Å². The van der Waals surface area contributed by atoms with E-state index >= 15 is 0 Å². The van der Waals surface area contributed by atoms with Crippen LogP contribution in [0.5, 0.6) is 0 Å². The van der Waals surface area contributed by atoms with E-state index in [2.05, 4.69) is 13.8 Å². The molecule has 0 spiro atoms. The summed E-state index contributed by atoms with van der Waals surface area (Å²) in [6.45, 7) is 4.97. The summed E-state index contributed by atoms with van der Waals surface area (Å²) < 4.78 is 0.671. The molecule has 1 rings (SSSR count). The van der Waals surface area contributed by atoms with Crippen molar-refractivity contribution in [2.24, 2.45) is 11.1 Å². The Morgan fingerprint density at radius 2 is 2.12 bits per heavy atom. The van der Waals surface area contributed by atoms with Gasteiger partial charge >= 0.3 is 0 Å². The molecule has 1 aromatic heterocycles. The topological polar surface area (TPSA) is 43.1 Å². The summed E-state index contributed by atoms with van der Waals surface area (Å²) >= 11 is 7.15. The van der Waals surface area contributed by atoms with Crippen LogP contribution in [0.2, 0.25) is 4.34 Å². The van der Waals surface area contributed by atoms with E-state index in [1.807, 2.05) is 0 Å². The number of carbonyl (C=O) groups is 1. The van der Waals surface area contributed by atoms with Crippen molar-refractivity contribution in [1.29, 1.82) is 0 Å². The molecule has 0 radical (unpaired) electrons. The molecule has 0 amide bonds. The number of hydrogen-bond donors (Lipinski definition) is 1. The van der Waals surface area contributed by atoms with Gasteiger partial charge in [0.15, 0.2) is 5.78 Å². The Labute approximate surface area is 106 Å². The Kier molecular flexibility index (Phi) is 4.96. The highest BCUT2D eigenvalue weighted by Gasteiger charge is 2.19. The first-order chi connectivity index (χ1) is 7.44. The van der Waals surface area contributed by atoms with Crippen molar-refractivity contribution in [2.45, 2.75) is 33.1 Å². The maximum absolute atomic E-state index is 11.8. The zero-order chi connectivity index (χ0) is 12.2.